The second-order valence-electron chi connectivity index (χ2n) is 6.38. The fraction of sp³-hybridized carbons (Fsp3) is 0.316. The van der Waals surface area contributed by atoms with Crippen LogP contribution in [-0.4, -0.2) is 31.7 Å². The summed E-state index contributed by atoms with van der Waals surface area (Å²) in [6, 6.07) is 11.8. The monoisotopic (exact) mass is 470 g/mol. The SMILES string of the molecule is O=C(NCc1ccccc1S(=O)(=O)N1CCCCC1)c1cc(Br)ccc1Cl. The summed E-state index contributed by atoms with van der Waals surface area (Å²) in [4.78, 5) is 12.7. The molecule has 0 aliphatic carbocycles. The molecule has 0 spiro atoms. The molecule has 0 atom stereocenters. The van der Waals surface area contributed by atoms with Gasteiger partial charge in [0.05, 0.1) is 15.5 Å². The molecule has 27 heavy (non-hydrogen) atoms. The Morgan fingerprint density at radius 2 is 1.81 bits per heavy atom. The minimum absolute atomic E-state index is 0.102. The molecule has 1 N–H and O–H groups in total. The first-order valence-electron chi connectivity index (χ1n) is 8.71. The average molecular weight is 472 g/mol. The number of nitrogens with zero attached hydrogens (tertiary/aromatic N) is 1. The van der Waals surface area contributed by atoms with Crippen molar-refractivity contribution in [1.82, 2.24) is 9.62 Å². The van der Waals surface area contributed by atoms with Crippen molar-refractivity contribution in [2.75, 3.05) is 13.1 Å². The Morgan fingerprint density at radius 1 is 1.11 bits per heavy atom. The summed E-state index contributed by atoms with van der Waals surface area (Å²) in [5, 5.41) is 3.11. The molecule has 1 aliphatic heterocycles. The number of carbonyl (C=O) groups is 1. The average Bonchev–Trinajstić information content (AvgIpc) is 2.69. The van der Waals surface area contributed by atoms with Crippen LogP contribution in [0.3, 0.4) is 0 Å². The molecule has 144 valence electrons. The van der Waals surface area contributed by atoms with E-state index in [1.807, 2.05) is 0 Å². The Kier molecular flexibility index (Phi) is 6.57. The lowest BCUT2D eigenvalue weighted by Crippen LogP contribution is -2.36. The Balaban J connectivity index is 1.80. The number of hydrogen-bond acceptors (Lipinski definition) is 3. The fourth-order valence-corrected chi connectivity index (χ4v) is 5.39. The third-order valence-corrected chi connectivity index (χ3v) is 7.34. The van der Waals surface area contributed by atoms with E-state index in [0.29, 0.717) is 29.2 Å². The van der Waals surface area contributed by atoms with Gasteiger partial charge in [0.1, 0.15) is 0 Å². The number of nitrogens with one attached hydrogen (secondary N) is 1. The molecule has 2 aromatic carbocycles. The highest BCUT2D eigenvalue weighted by Crippen LogP contribution is 2.24. The van der Waals surface area contributed by atoms with Crippen LogP contribution in [0.5, 0.6) is 0 Å². The predicted molar refractivity (Wildman–Crippen MR) is 109 cm³/mol. The van der Waals surface area contributed by atoms with Gasteiger partial charge in [0.25, 0.3) is 5.91 Å². The van der Waals surface area contributed by atoms with Gasteiger partial charge in [0.2, 0.25) is 10.0 Å². The summed E-state index contributed by atoms with van der Waals surface area (Å²) in [5.74, 6) is -0.355. The van der Waals surface area contributed by atoms with Crippen LogP contribution in [0.4, 0.5) is 0 Å². The largest absolute Gasteiger partial charge is 0.348 e. The van der Waals surface area contributed by atoms with E-state index in [1.165, 1.54) is 4.31 Å². The number of halogens is 2. The maximum absolute atomic E-state index is 13.0. The molecule has 1 amide bonds. The lowest BCUT2D eigenvalue weighted by atomic mass is 10.2. The zero-order valence-corrected chi connectivity index (χ0v) is 17.8. The molecule has 5 nitrogen and oxygen atoms in total. The summed E-state index contributed by atoms with van der Waals surface area (Å²) < 4.78 is 28.3. The van der Waals surface area contributed by atoms with Crippen LogP contribution < -0.4 is 5.32 Å². The standard InChI is InChI=1S/C19H20BrClN2O3S/c20-15-8-9-17(21)16(12-15)19(24)22-13-14-6-2-3-7-18(14)27(25,26)23-10-4-1-5-11-23/h2-3,6-9,12H,1,4-5,10-11,13H2,(H,22,24). The summed E-state index contributed by atoms with van der Waals surface area (Å²) in [7, 11) is -3.57. The highest BCUT2D eigenvalue weighted by molar-refractivity contribution is 9.10. The van der Waals surface area contributed by atoms with Gasteiger partial charge in [0.15, 0.2) is 0 Å². The van der Waals surface area contributed by atoms with Gasteiger partial charge in [-0.15, -0.1) is 0 Å². The summed E-state index contributed by atoms with van der Waals surface area (Å²) >= 11 is 9.41. The summed E-state index contributed by atoms with van der Waals surface area (Å²) in [6.07, 6.45) is 2.80. The molecule has 1 fully saturated rings. The van der Waals surface area contributed by atoms with Crippen LogP contribution in [-0.2, 0) is 16.6 Å². The molecule has 0 bridgehead atoms. The second kappa shape index (κ2) is 8.73. The molecule has 0 saturated carbocycles. The molecule has 1 saturated heterocycles. The van der Waals surface area contributed by atoms with E-state index in [1.54, 1.807) is 42.5 Å². The van der Waals surface area contributed by atoms with Gasteiger partial charge in [-0.1, -0.05) is 52.2 Å². The molecular weight excluding hydrogens is 452 g/mol. The third kappa shape index (κ3) is 4.71. The third-order valence-electron chi connectivity index (χ3n) is 4.52. The lowest BCUT2D eigenvalue weighted by molar-refractivity contribution is 0.0950. The van der Waals surface area contributed by atoms with Crippen LogP contribution in [0.2, 0.25) is 5.02 Å². The van der Waals surface area contributed by atoms with Gasteiger partial charge < -0.3 is 5.32 Å². The first-order valence-corrected chi connectivity index (χ1v) is 11.3. The number of amides is 1. The Labute approximate surface area is 172 Å². The minimum atomic E-state index is -3.57. The van der Waals surface area contributed by atoms with Crippen molar-refractivity contribution >= 4 is 43.5 Å². The number of hydrogen-bond donors (Lipinski definition) is 1. The van der Waals surface area contributed by atoms with Crippen molar-refractivity contribution in [2.24, 2.45) is 0 Å². The molecule has 3 rings (SSSR count). The molecule has 2 aromatic rings. The maximum atomic E-state index is 13.0. The van der Waals surface area contributed by atoms with E-state index in [9.17, 15) is 13.2 Å². The van der Waals surface area contributed by atoms with Crippen LogP contribution in [0, 0.1) is 0 Å². The molecule has 1 heterocycles. The molecule has 0 radical (unpaired) electrons. The Hall–Kier alpha value is -1.41. The van der Waals surface area contributed by atoms with E-state index in [-0.39, 0.29) is 17.3 Å². The van der Waals surface area contributed by atoms with Gasteiger partial charge >= 0.3 is 0 Å². The Morgan fingerprint density at radius 3 is 2.56 bits per heavy atom. The highest BCUT2D eigenvalue weighted by Gasteiger charge is 2.28. The van der Waals surface area contributed by atoms with Gasteiger partial charge in [-0.25, -0.2) is 8.42 Å². The summed E-state index contributed by atoms with van der Waals surface area (Å²) in [6.45, 7) is 1.18. The first-order chi connectivity index (χ1) is 12.9. The van der Waals surface area contributed by atoms with Crippen LogP contribution in [0.25, 0.3) is 0 Å². The van der Waals surface area contributed by atoms with Crippen LogP contribution in [0.1, 0.15) is 35.2 Å². The predicted octanol–water partition coefficient (Wildman–Crippen LogP) is 4.21. The minimum Gasteiger partial charge on any atom is -0.348 e. The number of sulfonamides is 1. The quantitative estimate of drug-likeness (QED) is 0.710. The number of piperidine rings is 1. The maximum Gasteiger partial charge on any atom is 0.253 e. The smallest absolute Gasteiger partial charge is 0.253 e. The zero-order chi connectivity index (χ0) is 19.4. The van der Waals surface area contributed by atoms with Gasteiger partial charge in [-0.3, -0.25) is 4.79 Å². The first kappa shape index (κ1) is 20.3. The highest BCUT2D eigenvalue weighted by atomic mass is 79.9. The van der Waals surface area contributed by atoms with Crippen molar-refractivity contribution in [2.45, 2.75) is 30.7 Å². The van der Waals surface area contributed by atoms with E-state index in [4.69, 9.17) is 11.6 Å². The van der Waals surface area contributed by atoms with Gasteiger partial charge in [0, 0.05) is 24.1 Å². The number of benzene rings is 2. The van der Waals surface area contributed by atoms with E-state index < -0.39 is 10.0 Å². The van der Waals surface area contributed by atoms with Crippen molar-refractivity contribution < 1.29 is 13.2 Å². The van der Waals surface area contributed by atoms with Crippen LogP contribution in [0.15, 0.2) is 51.8 Å². The molecule has 8 heteroatoms. The Bertz CT molecular complexity index is 944. The second-order valence-corrected chi connectivity index (χ2v) is 9.61. The molecular formula is C19H20BrClN2O3S. The van der Waals surface area contributed by atoms with Crippen LogP contribution >= 0.6 is 27.5 Å². The number of rotatable bonds is 5. The van der Waals surface area contributed by atoms with E-state index in [0.717, 1.165) is 23.7 Å². The van der Waals surface area contributed by atoms with Gasteiger partial charge in [-0.2, -0.15) is 4.31 Å². The molecule has 0 unspecified atom stereocenters. The lowest BCUT2D eigenvalue weighted by Gasteiger charge is -2.26. The topological polar surface area (TPSA) is 66.5 Å². The number of carbonyl (C=O) groups excluding carboxylic acids is 1. The van der Waals surface area contributed by atoms with Crippen molar-refractivity contribution in [1.29, 1.82) is 0 Å². The van der Waals surface area contributed by atoms with E-state index >= 15 is 0 Å². The van der Waals surface area contributed by atoms with Gasteiger partial charge in [-0.05, 0) is 42.7 Å². The zero-order valence-electron chi connectivity index (χ0n) is 14.6. The normalized spacial score (nSPS) is 15.5. The summed E-state index contributed by atoms with van der Waals surface area (Å²) in [5.41, 5.74) is 0.893. The van der Waals surface area contributed by atoms with Crippen molar-refractivity contribution in [3.8, 4) is 0 Å². The van der Waals surface area contributed by atoms with Crippen molar-refractivity contribution in [3.63, 3.8) is 0 Å². The fourth-order valence-electron chi connectivity index (χ4n) is 3.09. The van der Waals surface area contributed by atoms with E-state index in [2.05, 4.69) is 21.2 Å². The molecule has 1 aliphatic rings. The molecule has 0 aromatic heterocycles. The van der Waals surface area contributed by atoms with Crippen molar-refractivity contribution in [3.05, 3.63) is 63.1 Å².